The van der Waals surface area contributed by atoms with Gasteiger partial charge in [-0.1, -0.05) is 12.1 Å². The molecule has 0 atom stereocenters. The van der Waals surface area contributed by atoms with Gasteiger partial charge in [-0.3, -0.25) is 0 Å². The third-order valence-corrected chi connectivity index (χ3v) is 4.83. The Morgan fingerprint density at radius 3 is 2.56 bits per heavy atom. The molecule has 2 aromatic carbocycles. The van der Waals surface area contributed by atoms with Crippen LogP contribution in [0.4, 0.5) is 4.39 Å². The van der Waals surface area contributed by atoms with Crippen LogP contribution in [0.3, 0.4) is 0 Å². The quantitative estimate of drug-likeness (QED) is 0.595. The number of aromatic nitrogens is 1. The van der Waals surface area contributed by atoms with E-state index in [-0.39, 0.29) is 5.82 Å². The Labute approximate surface area is 151 Å². The number of thiazole rings is 1. The molecule has 0 amide bonds. The van der Waals surface area contributed by atoms with Crippen molar-refractivity contribution in [1.82, 2.24) is 10.3 Å². The van der Waals surface area contributed by atoms with Crippen LogP contribution in [0.25, 0.3) is 10.4 Å². The van der Waals surface area contributed by atoms with Crippen molar-refractivity contribution in [3.63, 3.8) is 0 Å². The van der Waals surface area contributed by atoms with E-state index in [1.165, 1.54) is 12.1 Å². The highest BCUT2D eigenvalue weighted by Crippen LogP contribution is 2.27. The van der Waals surface area contributed by atoms with E-state index in [0.29, 0.717) is 6.61 Å². The van der Waals surface area contributed by atoms with Crippen LogP contribution in [0.1, 0.15) is 17.5 Å². The van der Waals surface area contributed by atoms with E-state index < -0.39 is 0 Å². The van der Waals surface area contributed by atoms with E-state index in [1.807, 2.05) is 37.4 Å². The molecule has 0 unspecified atom stereocenters. The van der Waals surface area contributed by atoms with Crippen LogP contribution < -0.4 is 10.1 Å². The fraction of sp³-hybridized carbons (Fsp3) is 0.250. The minimum Gasteiger partial charge on any atom is -0.494 e. The van der Waals surface area contributed by atoms with E-state index >= 15 is 0 Å². The summed E-state index contributed by atoms with van der Waals surface area (Å²) in [7, 11) is 0. The molecule has 0 saturated carbocycles. The normalized spacial score (nSPS) is 10.8. The van der Waals surface area contributed by atoms with Crippen molar-refractivity contribution in [2.24, 2.45) is 0 Å². The van der Waals surface area contributed by atoms with E-state index in [4.69, 9.17) is 4.74 Å². The first-order valence-corrected chi connectivity index (χ1v) is 9.19. The van der Waals surface area contributed by atoms with E-state index in [9.17, 15) is 4.39 Å². The highest BCUT2D eigenvalue weighted by atomic mass is 32.1. The van der Waals surface area contributed by atoms with Gasteiger partial charge < -0.3 is 10.1 Å². The SMILES string of the molecule is CCOc1ccc(-c2cnc(CNCCc3ccc(F)cc3)s2)cc1. The second-order valence-electron chi connectivity index (χ2n) is 5.63. The summed E-state index contributed by atoms with van der Waals surface area (Å²) in [5.41, 5.74) is 2.28. The van der Waals surface area contributed by atoms with Gasteiger partial charge in [-0.05, 0) is 67.4 Å². The Balaban J connectivity index is 1.49. The molecule has 0 aliphatic rings. The maximum Gasteiger partial charge on any atom is 0.123 e. The summed E-state index contributed by atoms with van der Waals surface area (Å²) in [6.07, 6.45) is 2.79. The smallest absolute Gasteiger partial charge is 0.123 e. The Bertz CT molecular complexity index is 784. The van der Waals surface area contributed by atoms with Crippen LogP contribution in [0.2, 0.25) is 0 Å². The van der Waals surface area contributed by atoms with Crippen LogP contribution in [-0.2, 0) is 13.0 Å². The molecule has 0 saturated heterocycles. The molecule has 5 heteroatoms. The predicted octanol–water partition coefficient (Wildman–Crippen LogP) is 4.68. The molecule has 130 valence electrons. The van der Waals surface area contributed by atoms with Gasteiger partial charge in [0.05, 0.1) is 11.5 Å². The summed E-state index contributed by atoms with van der Waals surface area (Å²) in [6.45, 7) is 4.23. The predicted molar refractivity (Wildman–Crippen MR) is 101 cm³/mol. The maximum absolute atomic E-state index is 12.9. The van der Waals surface area contributed by atoms with Gasteiger partial charge in [-0.2, -0.15) is 0 Å². The highest BCUT2D eigenvalue weighted by Gasteiger charge is 2.05. The number of hydrogen-bond acceptors (Lipinski definition) is 4. The Morgan fingerprint density at radius 1 is 1.08 bits per heavy atom. The molecule has 0 bridgehead atoms. The second-order valence-corrected chi connectivity index (χ2v) is 6.74. The van der Waals surface area contributed by atoms with Gasteiger partial charge in [0.2, 0.25) is 0 Å². The minimum absolute atomic E-state index is 0.193. The molecule has 1 heterocycles. The van der Waals surface area contributed by atoms with Crippen molar-refractivity contribution < 1.29 is 9.13 Å². The van der Waals surface area contributed by atoms with Crippen molar-refractivity contribution >= 4 is 11.3 Å². The third kappa shape index (κ3) is 5.11. The highest BCUT2D eigenvalue weighted by molar-refractivity contribution is 7.15. The lowest BCUT2D eigenvalue weighted by atomic mass is 10.1. The van der Waals surface area contributed by atoms with Gasteiger partial charge >= 0.3 is 0 Å². The molecule has 25 heavy (non-hydrogen) atoms. The first kappa shape index (κ1) is 17.6. The summed E-state index contributed by atoms with van der Waals surface area (Å²) in [5.74, 6) is 0.694. The topological polar surface area (TPSA) is 34.1 Å². The largest absolute Gasteiger partial charge is 0.494 e. The Hall–Kier alpha value is -2.24. The average Bonchev–Trinajstić information content (AvgIpc) is 3.10. The lowest BCUT2D eigenvalue weighted by Crippen LogP contribution is -2.16. The minimum atomic E-state index is -0.193. The zero-order chi connectivity index (χ0) is 17.5. The zero-order valence-corrected chi connectivity index (χ0v) is 15.0. The van der Waals surface area contributed by atoms with Crippen LogP contribution in [0, 0.1) is 5.82 Å². The molecular weight excluding hydrogens is 335 g/mol. The monoisotopic (exact) mass is 356 g/mol. The van der Waals surface area contributed by atoms with Crippen LogP contribution in [0.15, 0.2) is 54.7 Å². The van der Waals surface area contributed by atoms with E-state index in [1.54, 1.807) is 11.3 Å². The van der Waals surface area contributed by atoms with Gasteiger partial charge in [-0.25, -0.2) is 9.37 Å². The number of rotatable bonds is 8. The number of benzene rings is 2. The molecule has 0 spiro atoms. The lowest BCUT2D eigenvalue weighted by molar-refractivity contribution is 0.340. The molecular formula is C20H21FN2OS. The van der Waals surface area contributed by atoms with E-state index in [0.717, 1.165) is 46.3 Å². The zero-order valence-electron chi connectivity index (χ0n) is 14.2. The van der Waals surface area contributed by atoms with Crippen molar-refractivity contribution in [3.8, 4) is 16.2 Å². The van der Waals surface area contributed by atoms with Crippen molar-refractivity contribution in [2.45, 2.75) is 19.9 Å². The van der Waals surface area contributed by atoms with Crippen LogP contribution >= 0.6 is 11.3 Å². The van der Waals surface area contributed by atoms with Gasteiger partial charge in [0, 0.05) is 12.7 Å². The van der Waals surface area contributed by atoms with Gasteiger partial charge in [0.1, 0.15) is 16.6 Å². The fourth-order valence-corrected chi connectivity index (χ4v) is 3.38. The molecule has 1 aromatic heterocycles. The molecule has 3 rings (SSSR count). The number of halogens is 1. The van der Waals surface area contributed by atoms with E-state index in [2.05, 4.69) is 22.4 Å². The van der Waals surface area contributed by atoms with Gasteiger partial charge in [0.25, 0.3) is 0 Å². The summed E-state index contributed by atoms with van der Waals surface area (Å²) in [5, 5.41) is 4.45. The maximum atomic E-state index is 12.9. The second kappa shape index (κ2) is 8.74. The molecule has 0 aliphatic heterocycles. The average molecular weight is 356 g/mol. The van der Waals surface area contributed by atoms with Gasteiger partial charge in [0.15, 0.2) is 0 Å². The molecule has 3 aromatic rings. The first-order chi connectivity index (χ1) is 12.2. The molecule has 0 aliphatic carbocycles. The van der Waals surface area contributed by atoms with Crippen molar-refractivity contribution in [2.75, 3.05) is 13.2 Å². The number of hydrogen-bond donors (Lipinski definition) is 1. The fourth-order valence-electron chi connectivity index (χ4n) is 2.49. The number of ether oxygens (including phenoxy) is 1. The molecule has 1 N–H and O–H groups in total. The molecule has 3 nitrogen and oxygen atoms in total. The summed E-state index contributed by atoms with van der Waals surface area (Å²) >= 11 is 1.69. The molecule has 0 radical (unpaired) electrons. The van der Waals surface area contributed by atoms with Crippen molar-refractivity contribution in [3.05, 3.63) is 71.1 Å². The Morgan fingerprint density at radius 2 is 1.84 bits per heavy atom. The standard InChI is InChI=1S/C20H21FN2OS/c1-2-24-18-9-5-16(6-10-18)19-13-23-20(25-19)14-22-12-11-15-3-7-17(21)8-4-15/h3-10,13,22H,2,11-12,14H2,1H3. The third-order valence-electron chi connectivity index (χ3n) is 3.78. The van der Waals surface area contributed by atoms with Crippen molar-refractivity contribution in [1.29, 1.82) is 0 Å². The lowest BCUT2D eigenvalue weighted by Gasteiger charge is -2.03. The summed E-state index contributed by atoms with van der Waals surface area (Å²) in [4.78, 5) is 5.63. The number of nitrogens with zero attached hydrogens (tertiary/aromatic N) is 1. The molecule has 0 fully saturated rings. The summed E-state index contributed by atoms with van der Waals surface area (Å²) < 4.78 is 18.3. The van der Waals surface area contributed by atoms with Gasteiger partial charge in [-0.15, -0.1) is 11.3 Å². The van der Waals surface area contributed by atoms with Crippen LogP contribution in [-0.4, -0.2) is 18.1 Å². The van der Waals surface area contributed by atoms with Crippen LogP contribution in [0.5, 0.6) is 5.75 Å². The summed E-state index contributed by atoms with van der Waals surface area (Å²) in [6, 6.07) is 14.7. The first-order valence-electron chi connectivity index (χ1n) is 8.37. The Kier molecular flexibility index (Phi) is 6.14. The number of nitrogens with one attached hydrogen (secondary N) is 1.